The second kappa shape index (κ2) is 10.5. The second-order valence-electron chi connectivity index (χ2n) is 2.84. The van der Waals surface area contributed by atoms with Crippen molar-refractivity contribution in [1.82, 2.24) is 5.32 Å². The largest absolute Gasteiger partial charge is 0.469 e. The van der Waals surface area contributed by atoms with Gasteiger partial charge in [-0.15, -0.1) is 0 Å². The Morgan fingerprint density at radius 3 is 1.73 bits per heavy atom. The smallest absolute Gasteiger partial charge is 0.395 e. The molecule has 0 aliphatic carbocycles. The van der Waals surface area contributed by atoms with Gasteiger partial charge in [0.1, 0.15) is 0 Å². The number of aliphatic hydroxyl groups excluding tert-OH is 2. The summed E-state index contributed by atoms with van der Waals surface area (Å²) in [6, 6.07) is 0. The van der Waals surface area contributed by atoms with Crippen molar-refractivity contribution in [3.63, 3.8) is 0 Å². The van der Waals surface area contributed by atoms with E-state index in [-0.39, 0.29) is 13.2 Å². The Hall–Kier alpha value is -0.0100. The molecule has 94 valence electrons. The predicted molar refractivity (Wildman–Crippen MR) is 55.3 cm³/mol. The third-order valence-corrected chi connectivity index (χ3v) is 1.62. The molecule has 0 heterocycles. The van der Waals surface area contributed by atoms with Crippen molar-refractivity contribution in [2.45, 2.75) is 20.0 Å². The van der Waals surface area contributed by atoms with Gasteiger partial charge in [-0.3, -0.25) is 4.52 Å². The highest BCUT2D eigenvalue weighted by Gasteiger charge is 2.14. The van der Waals surface area contributed by atoms with E-state index in [1.54, 1.807) is 13.8 Å². The lowest BCUT2D eigenvalue weighted by atomic mass is 10.5. The van der Waals surface area contributed by atoms with Gasteiger partial charge < -0.3 is 25.3 Å². The molecule has 0 fully saturated rings. The summed E-state index contributed by atoms with van der Waals surface area (Å²) in [5.41, 5.74) is 0. The van der Waals surface area contributed by atoms with Crippen LogP contribution in [0.3, 0.4) is 0 Å². The van der Waals surface area contributed by atoms with Crippen LogP contribution in [0.4, 0.5) is 0 Å². The highest BCUT2D eigenvalue weighted by molar-refractivity contribution is 7.46. The van der Waals surface area contributed by atoms with Gasteiger partial charge in [-0.25, -0.2) is 4.57 Å². The van der Waals surface area contributed by atoms with Crippen molar-refractivity contribution in [3.8, 4) is 0 Å². The Labute approximate surface area is 89.3 Å². The van der Waals surface area contributed by atoms with E-state index in [1.165, 1.54) is 0 Å². The summed E-state index contributed by atoms with van der Waals surface area (Å²) in [5.74, 6) is 0. The third kappa shape index (κ3) is 24.9. The summed E-state index contributed by atoms with van der Waals surface area (Å²) < 4.78 is 14.0. The topological polar surface area (TPSA) is 119 Å². The summed E-state index contributed by atoms with van der Waals surface area (Å²) in [5, 5.41) is 19.1. The lowest BCUT2D eigenvalue weighted by molar-refractivity contribution is 0.156. The summed E-state index contributed by atoms with van der Waals surface area (Å²) in [4.78, 5) is 16.2. The Morgan fingerprint density at radius 2 is 1.60 bits per heavy atom. The van der Waals surface area contributed by atoms with Gasteiger partial charge in [-0.05, 0) is 13.8 Å². The fourth-order valence-electron chi connectivity index (χ4n) is 0.558. The number of phosphoric acid groups is 1. The molecule has 15 heavy (non-hydrogen) atoms. The van der Waals surface area contributed by atoms with Gasteiger partial charge in [0, 0.05) is 13.1 Å². The van der Waals surface area contributed by atoms with E-state index in [1.807, 2.05) is 0 Å². The molecule has 0 radical (unpaired) electrons. The number of rotatable bonds is 6. The normalized spacial score (nSPS) is 11.1. The molecule has 0 saturated carbocycles. The molecular weight excluding hydrogens is 225 g/mol. The van der Waals surface area contributed by atoms with Crippen molar-refractivity contribution in [3.05, 3.63) is 0 Å². The maximum absolute atomic E-state index is 9.91. The van der Waals surface area contributed by atoms with Gasteiger partial charge in [0.2, 0.25) is 0 Å². The maximum Gasteiger partial charge on any atom is 0.469 e. The molecule has 0 aliphatic rings. The second-order valence-corrected chi connectivity index (χ2v) is 4.03. The fourth-order valence-corrected chi connectivity index (χ4v) is 1.11. The number of hydrogen-bond donors (Lipinski definition) is 5. The lowest BCUT2D eigenvalue weighted by Crippen LogP contribution is -2.21. The molecule has 0 aliphatic heterocycles. The Kier molecular flexibility index (Phi) is 12.2. The van der Waals surface area contributed by atoms with Crippen molar-refractivity contribution >= 4 is 7.82 Å². The van der Waals surface area contributed by atoms with Crippen LogP contribution in [0.5, 0.6) is 0 Å². The molecule has 0 aromatic rings. The average Bonchev–Trinajstić information content (AvgIpc) is 2.01. The van der Waals surface area contributed by atoms with Crippen LogP contribution in [0.15, 0.2) is 0 Å². The molecule has 0 aromatic carbocycles. The Bertz CT molecular complexity index is 167. The van der Waals surface area contributed by atoms with E-state index in [9.17, 15) is 4.57 Å². The van der Waals surface area contributed by atoms with Crippen LogP contribution in [0.1, 0.15) is 13.8 Å². The summed E-state index contributed by atoms with van der Waals surface area (Å²) in [6.07, 6.45) is -0.421. The zero-order chi connectivity index (χ0) is 12.3. The first-order chi connectivity index (χ1) is 6.83. The van der Waals surface area contributed by atoms with Gasteiger partial charge in [0.15, 0.2) is 0 Å². The van der Waals surface area contributed by atoms with Gasteiger partial charge in [0.05, 0.1) is 19.3 Å². The van der Waals surface area contributed by atoms with E-state index < -0.39 is 13.9 Å². The molecule has 0 spiro atoms. The van der Waals surface area contributed by atoms with Gasteiger partial charge in [0.25, 0.3) is 0 Å². The first kappa shape index (κ1) is 17.4. The molecule has 7 nitrogen and oxygen atoms in total. The molecular formula is C7H20NO6P. The van der Waals surface area contributed by atoms with E-state index in [0.29, 0.717) is 13.1 Å². The van der Waals surface area contributed by atoms with Crippen LogP contribution in [-0.2, 0) is 9.09 Å². The number of hydrogen-bond acceptors (Lipinski definition) is 5. The van der Waals surface area contributed by atoms with Crippen LogP contribution in [0.2, 0.25) is 0 Å². The van der Waals surface area contributed by atoms with Crippen LogP contribution in [0.25, 0.3) is 0 Å². The molecule has 0 amide bonds. The standard InChI is InChI=1S/C4H11NO2.C3H9O4P/c6-3-1-5-2-4-7;1-3(2)7-8(4,5)6/h5-7H,1-4H2;3H,1-2H3,(H2,4,5,6). The highest BCUT2D eigenvalue weighted by atomic mass is 31.2. The molecule has 5 N–H and O–H groups in total. The van der Waals surface area contributed by atoms with E-state index >= 15 is 0 Å². The number of phosphoric ester groups is 1. The minimum Gasteiger partial charge on any atom is -0.395 e. The van der Waals surface area contributed by atoms with Gasteiger partial charge in [-0.2, -0.15) is 0 Å². The molecule has 0 rings (SSSR count). The molecule has 8 heteroatoms. The predicted octanol–water partition coefficient (Wildman–Crippen LogP) is -0.935. The van der Waals surface area contributed by atoms with Gasteiger partial charge in [-0.1, -0.05) is 0 Å². The average molecular weight is 245 g/mol. The SMILES string of the molecule is CC(C)OP(=O)(O)O.OCCNCCO. The molecule has 0 saturated heterocycles. The quantitative estimate of drug-likeness (QED) is 0.303. The van der Waals surface area contributed by atoms with Crippen molar-refractivity contribution < 1.29 is 29.1 Å². The first-order valence-corrected chi connectivity index (χ1v) is 6.03. The first-order valence-electron chi connectivity index (χ1n) is 4.50. The van der Waals surface area contributed by atoms with E-state index in [0.717, 1.165) is 0 Å². The molecule has 0 aromatic heterocycles. The number of nitrogens with one attached hydrogen (secondary N) is 1. The van der Waals surface area contributed by atoms with Crippen molar-refractivity contribution in [2.24, 2.45) is 0 Å². The Morgan fingerprint density at radius 1 is 1.20 bits per heavy atom. The van der Waals surface area contributed by atoms with Crippen LogP contribution in [0, 0.1) is 0 Å². The van der Waals surface area contributed by atoms with Crippen molar-refractivity contribution in [1.29, 1.82) is 0 Å². The van der Waals surface area contributed by atoms with Crippen molar-refractivity contribution in [2.75, 3.05) is 26.3 Å². The third-order valence-electron chi connectivity index (χ3n) is 0.925. The summed E-state index contributed by atoms with van der Waals surface area (Å²) >= 11 is 0. The zero-order valence-corrected chi connectivity index (χ0v) is 9.85. The molecule has 0 unspecified atom stereocenters. The lowest BCUT2D eigenvalue weighted by Gasteiger charge is -2.06. The fraction of sp³-hybridized carbons (Fsp3) is 1.00. The van der Waals surface area contributed by atoms with E-state index in [4.69, 9.17) is 20.0 Å². The maximum atomic E-state index is 9.91. The molecule has 0 atom stereocenters. The van der Waals surface area contributed by atoms with Gasteiger partial charge >= 0.3 is 7.82 Å². The Balaban J connectivity index is 0. The van der Waals surface area contributed by atoms with Crippen LogP contribution >= 0.6 is 7.82 Å². The molecule has 0 bridgehead atoms. The zero-order valence-electron chi connectivity index (χ0n) is 8.96. The van der Waals surface area contributed by atoms with Crippen LogP contribution < -0.4 is 5.32 Å². The minimum absolute atomic E-state index is 0.139. The highest BCUT2D eigenvalue weighted by Crippen LogP contribution is 2.37. The summed E-state index contributed by atoms with van der Waals surface area (Å²) in [7, 11) is -4.22. The number of aliphatic hydroxyl groups is 2. The summed E-state index contributed by atoms with van der Waals surface area (Å²) in [6.45, 7) is 4.53. The minimum atomic E-state index is -4.22. The van der Waals surface area contributed by atoms with Crippen LogP contribution in [-0.4, -0.2) is 52.4 Å². The van der Waals surface area contributed by atoms with E-state index in [2.05, 4.69) is 9.84 Å². The monoisotopic (exact) mass is 245 g/mol.